The highest BCUT2D eigenvalue weighted by Gasteiger charge is 2.14. The molecule has 0 spiro atoms. The lowest BCUT2D eigenvalue weighted by atomic mass is 10.1. The Hall–Kier alpha value is -2.36. The number of aromatic hydroxyl groups is 1. The summed E-state index contributed by atoms with van der Waals surface area (Å²) in [5, 5.41) is 9.94. The number of aromatic nitrogens is 2. The second-order valence-corrected chi connectivity index (χ2v) is 4.30. The number of hydrogen-bond acceptors (Lipinski definition) is 3. The van der Waals surface area contributed by atoms with Gasteiger partial charge in [-0.05, 0) is 19.1 Å². The number of aryl methyl sites for hydroxylation is 1. The Morgan fingerprint density at radius 3 is 2.78 bits per heavy atom. The number of hydrogen-bond donors (Lipinski definition) is 1. The van der Waals surface area contributed by atoms with Crippen molar-refractivity contribution in [2.75, 3.05) is 0 Å². The summed E-state index contributed by atoms with van der Waals surface area (Å²) in [7, 11) is 1.79. The third-order valence-corrected chi connectivity index (χ3v) is 3.16. The normalized spacial score (nSPS) is 15.3. The number of benzene rings is 1. The van der Waals surface area contributed by atoms with Crippen LogP contribution in [0.1, 0.15) is 17.1 Å². The van der Waals surface area contributed by atoms with Gasteiger partial charge in [0.2, 0.25) is 5.88 Å². The first-order valence-electron chi connectivity index (χ1n) is 5.74. The van der Waals surface area contributed by atoms with Gasteiger partial charge in [0.05, 0.1) is 5.69 Å². The molecule has 1 N–H and O–H groups in total. The Balaban J connectivity index is 2.09. The van der Waals surface area contributed by atoms with E-state index in [1.165, 1.54) is 0 Å². The van der Waals surface area contributed by atoms with Crippen molar-refractivity contribution in [1.82, 2.24) is 9.55 Å². The number of aliphatic imine (C=N–C) groups is 1. The van der Waals surface area contributed by atoms with E-state index in [-0.39, 0.29) is 5.88 Å². The molecule has 0 unspecified atom stereocenters. The third kappa shape index (κ3) is 1.54. The van der Waals surface area contributed by atoms with E-state index in [4.69, 9.17) is 0 Å². The zero-order valence-electron chi connectivity index (χ0n) is 10.3. The molecule has 1 aliphatic heterocycles. The van der Waals surface area contributed by atoms with Crippen molar-refractivity contribution < 1.29 is 5.11 Å². The summed E-state index contributed by atoms with van der Waals surface area (Å²) < 4.78 is 1.66. The number of imidazole rings is 1. The Labute approximate surface area is 105 Å². The van der Waals surface area contributed by atoms with Crippen molar-refractivity contribution in [3.05, 3.63) is 41.3 Å². The molecule has 0 saturated carbocycles. The molecular weight excluding hydrogens is 226 g/mol. The quantitative estimate of drug-likeness (QED) is 0.831. The smallest absolute Gasteiger partial charge is 0.218 e. The van der Waals surface area contributed by atoms with E-state index in [0.717, 1.165) is 22.6 Å². The van der Waals surface area contributed by atoms with Crippen LogP contribution in [0.3, 0.4) is 0 Å². The van der Waals surface area contributed by atoms with Crippen LogP contribution in [0.5, 0.6) is 5.88 Å². The van der Waals surface area contributed by atoms with Crippen LogP contribution in [0.15, 0.2) is 29.3 Å². The highest BCUT2D eigenvalue weighted by molar-refractivity contribution is 6.21. The first-order valence-corrected chi connectivity index (χ1v) is 5.74. The second kappa shape index (κ2) is 3.84. The lowest BCUT2D eigenvalue weighted by molar-refractivity contribution is 0.429. The molecular formula is C14H13N3O. The molecule has 1 aromatic carbocycles. The minimum Gasteiger partial charge on any atom is -0.493 e. The minimum absolute atomic E-state index is 0.179. The van der Waals surface area contributed by atoms with E-state index in [2.05, 4.69) is 9.98 Å². The van der Waals surface area contributed by atoms with Gasteiger partial charge in [0.25, 0.3) is 0 Å². The van der Waals surface area contributed by atoms with E-state index in [9.17, 15) is 5.11 Å². The molecule has 1 aliphatic rings. The average Bonchev–Trinajstić information content (AvgIpc) is 2.89. The van der Waals surface area contributed by atoms with Crippen molar-refractivity contribution in [1.29, 1.82) is 0 Å². The molecule has 18 heavy (non-hydrogen) atoms. The first kappa shape index (κ1) is 10.8. The first-order chi connectivity index (χ1) is 8.66. The molecule has 90 valence electrons. The Bertz CT molecular complexity index is 680. The van der Waals surface area contributed by atoms with Crippen LogP contribution in [0.2, 0.25) is 0 Å². The summed E-state index contributed by atoms with van der Waals surface area (Å²) >= 11 is 0. The predicted octanol–water partition coefficient (Wildman–Crippen LogP) is 2.69. The Kier molecular flexibility index (Phi) is 2.30. The van der Waals surface area contributed by atoms with Crippen LogP contribution in [0.25, 0.3) is 11.6 Å². The fourth-order valence-electron chi connectivity index (χ4n) is 2.02. The van der Waals surface area contributed by atoms with E-state index in [0.29, 0.717) is 5.69 Å². The summed E-state index contributed by atoms with van der Waals surface area (Å²) in [5.74, 6) is 0.959. The number of nitrogens with zero attached hydrogens (tertiary/aromatic N) is 3. The largest absolute Gasteiger partial charge is 0.493 e. The van der Waals surface area contributed by atoms with Crippen LogP contribution in [-0.2, 0) is 7.05 Å². The molecule has 1 aromatic heterocycles. The van der Waals surface area contributed by atoms with Crippen molar-refractivity contribution >= 4 is 23.6 Å². The number of para-hydroxylation sites is 1. The summed E-state index contributed by atoms with van der Waals surface area (Å²) in [6.45, 7) is 1.86. The maximum atomic E-state index is 9.94. The van der Waals surface area contributed by atoms with E-state index in [1.807, 2.05) is 37.3 Å². The maximum absolute atomic E-state index is 9.94. The molecule has 0 bridgehead atoms. The molecule has 0 amide bonds. The highest BCUT2D eigenvalue weighted by atomic mass is 16.3. The fraction of sp³-hybridized carbons (Fsp3) is 0.143. The van der Waals surface area contributed by atoms with Crippen molar-refractivity contribution in [3.8, 4) is 5.88 Å². The monoisotopic (exact) mass is 239 g/mol. The third-order valence-electron chi connectivity index (χ3n) is 3.16. The van der Waals surface area contributed by atoms with Gasteiger partial charge in [-0.15, -0.1) is 0 Å². The molecule has 3 rings (SSSR count). The zero-order chi connectivity index (χ0) is 12.7. The standard InChI is InChI=1S/C14H13N3O/c1-9-16-13(14(18)17(9)2)7-10-8-15-12-6-4-3-5-11(10)12/h3-8,18H,1-2H3/b10-7+. The van der Waals surface area contributed by atoms with Crippen LogP contribution < -0.4 is 0 Å². The number of allylic oxidation sites excluding steroid dienone is 1. The SMILES string of the molecule is Cc1nc(/C=C2\C=Nc3ccccc32)c(O)n1C. The molecule has 0 fully saturated rings. The summed E-state index contributed by atoms with van der Waals surface area (Å²) in [5.41, 5.74) is 3.57. The maximum Gasteiger partial charge on any atom is 0.218 e. The van der Waals surface area contributed by atoms with Gasteiger partial charge in [0, 0.05) is 24.4 Å². The predicted molar refractivity (Wildman–Crippen MR) is 72.1 cm³/mol. The second-order valence-electron chi connectivity index (χ2n) is 4.30. The minimum atomic E-state index is 0.179. The highest BCUT2D eigenvalue weighted by Crippen LogP contribution is 2.33. The van der Waals surface area contributed by atoms with Gasteiger partial charge < -0.3 is 9.67 Å². The fourth-order valence-corrected chi connectivity index (χ4v) is 2.02. The Morgan fingerprint density at radius 2 is 2.06 bits per heavy atom. The Morgan fingerprint density at radius 1 is 1.28 bits per heavy atom. The van der Waals surface area contributed by atoms with Crippen molar-refractivity contribution in [2.24, 2.45) is 12.0 Å². The lowest BCUT2D eigenvalue weighted by Crippen LogP contribution is -1.89. The molecule has 0 aliphatic carbocycles. The van der Waals surface area contributed by atoms with Gasteiger partial charge in [-0.1, -0.05) is 18.2 Å². The summed E-state index contributed by atoms with van der Waals surface area (Å²) in [6.07, 6.45) is 3.66. The topological polar surface area (TPSA) is 50.4 Å². The van der Waals surface area contributed by atoms with Gasteiger partial charge in [0.15, 0.2) is 0 Å². The molecule has 0 radical (unpaired) electrons. The van der Waals surface area contributed by atoms with Crippen LogP contribution in [0, 0.1) is 6.92 Å². The van der Waals surface area contributed by atoms with Gasteiger partial charge >= 0.3 is 0 Å². The molecule has 0 atom stereocenters. The molecule has 2 heterocycles. The van der Waals surface area contributed by atoms with Crippen LogP contribution >= 0.6 is 0 Å². The number of rotatable bonds is 1. The van der Waals surface area contributed by atoms with Crippen molar-refractivity contribution in [2.45, 2.75) is 6.92 Å². The van der Waals surface area contributed by atoms with E-state index in [1.54, 1.807) is 17.8 Å². The van der Waals surface area contributed by atoms with Gasteiger partial charge in [-0.3, -0.25) is 4.99 Å². The number of fused-ring (bicyclic) bond motifs is 1. The molecule has 0 saturated heterocycles. The van der Waals surface area contributed by atoms with Gasteiger partial charge in [-0.25, -0.2) is 4.98 Å². The van der Waals surface area contributed by atoms with Gasteiger partial charge in [-0.2, -0.15) is 0 Å². The summed E-state index contributed by atoms with van der Waals surface area (Å²) in [6, 6.07) is 7.92. The van der Waals surface area contributed by atoms with Crippen molar-refractivity contribution in [3.63, 3.8) is 0 Å². The lowest BCUT2D eigenvalue weighted by Gasteiger charge is -1.98. The molecule has 2 aromatic rings. The zero-order valence-corrected chi connectivity index (χ0v) is 10.3. The summed E-state index contributed by atoms with van der Waals surface area (Å²) in [4.78, 5) is 8.65. The van der Waals surface area contributed by atoms with Crippen LogP contribution in [-0.4, -0.2) is 20.9 Å². The van der Waals surface area contributed by atoms with E-state index >= 15 is 0 Å². The molecule has 4 nitrogen and oxygen atoms in total. The molecule has 4 heteroatoms. The van der Waals surface area contributed by atoms with E-state index < -0.39 is 0 Å². The average molecular weight is 239 g/mol. The van der Waals surface area contributed by atoms with Crippen LogP contribution in [0.4, 0.5) is 5.69 Å². The van der Waals surface area contributed by atoms with Gasteiger partial charge in [0.1, 0.15) is 11.5 Å².